The van der Waals surface area contributed by atoms with Crippen LogP contribution in [0.3, 0.4) is 0 Å². The van der Waals surface area contributed by atoms with Gasteiger partial charge in [-0.2, -0.15) is 8.78 Å². The van der Waals surface area contributed by atoms with E-state index in [0.717, 1.165) is 0 Å². The number of methoxy groups -OCH3 is 1. The third kappa shape index (κ3) is 3.51. The molecule has 2 fully saturated rings. The molecule has 2 heterocycles. The minimum atomic E-state index is -3.02. The van der Waals surface area contributed by atoms with Crippen molar-refractivity contribution >= 4 is 11.8 Å². The topological polar surface area (TPSA) is 59.1 Å². The molecule has 0 spiro atoms. The van der Waals surface area contributed by atoms with E-state index in [0.29, 0.717) is 32.5 Å². The fraction of sp³-hybridized carbons (Fsp3) is 0.556. The summed E-state index contributed by atoms with van der Waals surface area (Å²) in [5.74, 6) is -0.772. The molecule has 0 saturated carbocycles. The number of hydrogen-bond donors (Lipinski definition) is 0. The summed E-state index contributed by atoms with van der Waals surface area (Å²) in [6, 6.07) is 5.28. The molecule has 0 aliphatic carbocycles. The standard InChI is InChI=1S/C18H22F2N2O4/c1-18(25-2)10-21(11-18)16(24)13-7-5-9-22(13)15(23)12-6-3-4-8-14(12)26-17(19)20/h3-4,6,8,13,17H,5,7,9-11H2,1-2H3. The first-order chi connectivity index (χ1) is 12.3. The minimum absolute atomic E-state index is 0.0397. The van der Waals surface area contributed by atoms with Crippen molar-refractivity contribution in [1.29, 1.82) is 0 Å². The van der Waals surface area contributed by atoms with Crippen LogP contribution in [0.4, 0.5) is 8.78 Å². The van der Waals surface area contributed by atoms with Crippen LogP contribution >= 0.6 is 0 Å². The Morgan fingerprint density at radius 2 is 1.96 bits per heavy atom. The first-order valence-corrected chi connectivity index (χ1v) is 8.53. The zero-order valence-corrected chi connectivity index (χ0v) is 14.8. The second kappa shape index (κ2) is 7.19. The number of para-hydroxylation sites is 1. The molecule has 0 N–H and O–H groups in total. The first-order valence-electron chi connectivity index (χ1n) is 8.53. The van der Waals surface area contributed by atoms with Gasteiger partial charge in [0.2, 0.25) is 5.91 Å². The van der Waals surface area contributed by atoms with Crippen LogP contribution in [-0.4, -0.2) is 66.6 Å². The SMILES string of the molecule is COC1(C)CN(C(=O)C2CCCN2C(=O)c2ccccc2OC(F)F)C1. The van der Waals surface area contributed by atoms with Crippen molar-refractivity contribution < 1.29 is 27.8 Å². The van der Waals surface area contributed by atoms with Gasteiger partial charge >= 0.3 is 6.61 Å². The van der Waals surface area contributed by atoms with Gasteiger partial charge in [-0.05, 0) is 31.9 Å². The fourth-order valence-corrected chi connectivity index (χ4v) is 3.52. The van der Waals surface area contributed by atoms with Gasteiger partial charge in [0.25, 0.3) is 5.91 Å². The molecule has 1 unspecified atom stereocenters. The van der Waals surface area contributed by atoms with E-state index in [1.165, 1.54) is 23.1 Å². The number of amides is 2. The van der Waals surface area contributed by atoms with Gasteiger partial charge in [-0.25, -0.2) is 0 Å². The molecule has 2 aliphatic rings. The Labute approximate surface area is 150 Å². The summed E-state index contributed by atoms with van der Waals surface area (Å²) in [7, 11) is 1.60. The maximum Gasteiger partial charge on any atom is 0.387 e. The van der Waals surface area contributed by atoms with E-state index in [1.807, 2.05) is 6.92 Å². The van der Waals surface area contributed by atoms with Gasteiger partial charge in [0.05, 0.1) is 24.3 Å². The van der Waals surface area contributed by atoms with Gasteiger partial charge < -0.3 is 19.3 Å². The normalized spacial score (nSPS) is 21.7. The van der Waals surface area contributed by atoms with E-state index in [-0.39, 0.29) is 22.8 Å². The molecule has 6 nitrogen and oxygen atoms in total. The third-order valence-electron chi connectivity index (χ3n) is 4.99. The van der Waals surface area contributed by atoms with E-state index in [1.54, 1.807) is 18.1 Å². The van der Waals surface area contributed by atoms with Crippen LogP contribution in [0.1, 0.15) is 30.1 Å². The Balaban J connectivity index is 1.74. The predicted molar refractivity (Wildman–Crippen MR) is 89.1 cm³/mol. The lowest BCUT2D eigenvalue weighted by Gasteiger charge is -2.48. The number of ether oxygens (including phenoxy) is 2. The molecular weight excluding hydrogens is 346 g/mol. The molecule has 2 saturated heterocycles. The molecule has 0 bridgehead atoms. The number of carbonyl (C=O) groups is 2. The lowest BCUT2D eigenvalue weighted by Crippen LogP contribution is -2.65. The number of alkyl halides is 2. The maximum absolute atomic E-state index is 12.9. The number of likely N-dealkylation sites (tertiary alicyclic amines) is 2. The van der Waals surface area contributed by atoms with Crippen LogP contribution in [0, 0.1) is 0 Å². The molecule has 3 rings (SSSR count). The summed E-state index contributed by atoms with van der Waals surface area (Å²) >= 11 is 0. The molecule has 1 atom stereocenters. The van der Waals surface area contributed by atoms with Crippen LogP contribution in [0.5, 0.6) is 5.75 Å². The van der Waals surface area contributed by atoms with Crippen LogP contribution in [-0.2, 0) is 9.53 Å². The number of benzene rings is 1. The zero-order valence-electron chi connectivity index (χ0n) is 14.8. The van der Waals surface area contributed by atoms with E-state index >= 15 is 0 Å². The van der Waals surface area contributed by atoms with Gasteiger partial charge in [-0.3, -0.25) is 9.59 Å². The lowest BCUT2D eigenvalue weighted by atomic mass is 9.95. The molecule has 8 heteroatoms. The van der Waals surface area contributed by atoms with Crippen molar-refractivity contribution in [3.63, 3.8) is 0 Å². The van der Waals surface area contributed by atoms with Gasteiger partial charge in [-0.1, -0.05) is 12.1 Å². The maximum atomic E-state index is 12.9. The number of nitrogens with zero attached hydrogens (tertiary/aromatic N) is 2. The monoisotopic (exact) mass is 368 g/mol. The Kier molecular flexibility index (Phi) is 5.13. The molecule has 1 aromatic carbocycles. The first kappa shape index (κ1) is 18.6. The molecule has 2 aliphatic heterocycles. The molecule has 26 heavy (non-hydrogen) atoms. The van der Waals surface area contributed by atoms with E-state index in [2.05, 4.69) is 4.74 Å². The highest BCUT2D eigenvalue weighted by atomic mass is 19.3. The average Bonchev–Trinajstić information content (AvgIpc) is 3.07. The smallest absolute Gasteiger partial charge is 0.387 e. The summed E-state index contributed by atoms with van der Waals surface area (Å²) < 4.78 is 35.0. The minimum Gasteiger partial charge on any atom is -0.434 e. The van der Waals surface area contributed by atoms with Gasteiger partial charge in [-0.15, -0.1) is 0 Å². The highest BCUT2D eigenvalue weighted by molar-refractivity contribution is 6.00. The molecule has 2 amide bonds. The highest BCUT2D eigenvalue weighted by Gasteiger charge is 2.46. The van der Waals surface area contributed by atoms with Crippen molar-refractivity contribution in [2.24, 2.45) is 0 Å². The van der Waals surface area contributed by atoms with Crippen molar-refractivity contribution in [3.8, 4) is 5.75 Å². The Hall–Kier alpha value is -2.22. The van der Waals surface area contributed by atoms with Crippen molar-refractivity contribution in [2.75, 3.05) is 26.7 Å². The number of hydrogen-bond acceptors (Lipinski definition) is 4. The number of carbonyl (C=O) groups excluding carboxylic acids is 2. The van der Waals surface area contributed by atoms with Crippen LogP contribution in [0.15, 0.2) is 24.3 Å². The second-order valence-corrected chi connectivity index (χ2v) is 6.88. The van der Waals surface area contributed by atoms with E-state index in [9.17, 15) is 18.4 Å². The Morgan fingerprint density at radius 3 is 2.62 bits per heavy atom. The van der Waals surface area contributed by atoms with Gasteiger partial charge in [0, 0.05) is 13.7 Å². The largest absolute Gasteiger partial charge is 0.434 e. The zero-order chi connectivity index (χ0) is 18.9. The van der Waals surface area contributed by atoms with Crippen molar-refractivity contribution in [3.05, 3.63) is 29.8 Å². The Bertz CT molecular complexity index is 692. The molecule has 1 aromatic rings. The molecular formula is C18H22F2N2O4. The molecule has 142 valence electrons. The summed E-state index contributed by atoms with van der Waals surface area (Å²) in [5.41, 5.74) is -0.307. The lowest BCUT2D eigenvalue weighted by molar-refractivity contribution is -0.161. The summed E-state index contributed by atoms with van der Waals surface area (Å²) in [5, 5.41) is 0. The third-order valence-corrected chi connectivity index (χ3v) is 4.99. The molecule has 0 radical (unpaired) electrons. The number of halogens is 2. The predicted octanol–water partition coefficient (Wildman–Crippen LogP) is 2.14. The van der Waals surface area contributed by atoms with Crippen LogP contribution < -0.4 is 4.74 Å². The summed E-state index contributed by atoms with van der Waals surface area (Å²) in [6.45, 7) is 0.269. The van der Waals surface area contributed by atoms with E-state index in [4.69, 9.17) is 4.74 Å². The van der Waals surface area contributed by atoms with Crippen LogP contribution in [0.25, 0.3) is 0 Å². The number of rotatable bonds is 5. The average molecular weight is 368 g/mol. The second-order valence-electron chi connectivity index (χ2n) is 6.88. The van der Waals surface area contributed by atoms with Crippen molar-refractivity contribution in [1.82, 2.24) is 9.80 Å². The van der Waals surface area contributed by atoms with Crippen molar-refractivity contribution in [2.45, 2.75) is 38.0 Å². The Morgan fingerprint density at radius 1 is 1.27 bits per heavy atom. The van der Waals surface area contributed by atoms with Crippen LogP contribution in [0.2, 0.25) is 0 Å². The fourth-order valence-electron chi connectivity index (χ4n) is 3.52. The summed E-state index contributed by atoms with van der Waals surface area (Å²) in [4.78, 5) is 28.8. The quantitative estimate of drug-likeness (QED) is 0.799. The summed E-state index contributed by atoms with van der Waals surface area (Å²) in [6.07, 6.45) is 1.25. The highest BCUT2D eigenvalue weighted by Crippen LogP contribution is 2.30. The molecule has 0 aromatic heterocycles. The van der Waals surface area contributed by atoms with Gasteiger partial charge in [0.1, 0.15) is 11.8 Å². The van der Waals surface area contributed by atoms with Gasteiger partial charge in [0.15, 0.2) is 0 Å². The van der Waals surface area contributed by atoms with E-state index < -0.39 is 18.6 Å².